The SMILES string of the molecule is CN=C(NCCCCOCc1ccccc1)NCc1ccccc1OC(F)F. The summed E-state index contributed by atoms with van der Waals surface area (Å²) in [4.78, 5) is 4.14. The summed E-state index contributed by atoms with van der Waals surface area (Å²) in [6.45, 7) is -0.451. The average molecular weight is 391 g/mol. The van der Waals surface area contributed by atoms with Crippen LogP contribution in [0.4, 0.5) is 8.78 Å². The molecule has 2 aromatic rings. The molecule has 0 heterocycles. The lowest BCUT2D eigenvalue weighted by molar-refractivity contribution is -0.0504. The van der Waals surface area contributed by atoms with Gasteiger partial charge in [-0.15, -0.1) is 0 Å². The van der Waals surface area contributed by atoms with Crippen LogP contribution in [0.5, 0.6) is 5.75 Å². The largest absolute Gasteiger partial charge is 0.434 e. The molecule has 0 aromatic heterocycles. The van der Waals surface area contributed by atoms with Crippen molar-refractivity contribution in [3.05, 3.63) is 65.7 Å². The number of nitrogens with one attached hydrogen (secondary N) is 2. The second-order valence-corrected chi connectivity index (χ2v) is 6.08. The Morgan fingerprint density at radius 2 is 1.75 bits per heavy atom. The monoisotopic (exact) mass is 391 g/mol. The third-order valence-electron chi connectivity index (χ3n) is 3.98. The van der Waals surface area contributed by atoms with Crippen LogP contribution in [0.2, 0.25) is 0 Å². The number of para-hydroxylation sites is 1. The van der Waals surface area contributed by atoms with Crippen LogP contribution in [0.3, 0.4) is 0 Å². The van der Waals surface area contributed by atoms with Gasteiger partial charge in [0, 0.05) is 32.3 Å². The van der Waals surface area contributed by atoms with Crippen molar-refractivity contribution in [2.45, 2.75) is 32.6 Å². The van der Waals surface area contributed by atoms with E-state index >= 15 is 0 Å². The van der Waals surface area contributed by atoms with Crippen LogP contribution < -0.4 is 15.4 Å². The highest BCUT2D eigenvalue weighted by Gasteiger charge is 2.09. The molecule has 0 atom stereocenters. The molecule has 0 spiro atoms. The number of alkyl halides is 2. The van der Waals surface area contributed by atoms with E-state index in [1.54, 1.807) is 25.2 Å². The van der Waals surface area contributed by atoms with Crippen LogP contribution in [0.1, 0.15) is 24.0 Å². The average Bonchev–Trinajstić information content (AvgIpc) is 2.71. The molecular weight excluding hydrogens is 364 g/mol. The summed E-state index contributed by atoms with van der Waals surface area (Å²) < 4.78 is 35.1. The van der Waals surface area contributed by atoms with E-state index in [1.165, 1.54) is 11.6 Å². The van der Waals surface area contributed by atoms with Crippen molar-refractivity contribution in [2.75, 3.05) is 20.2 Å². The topological polar surface area (TPSA) is 54.9 Å². The molecule has 2 rings (SSSR count). The van der Waals surface area contributed by atoms with Gasteiger partial charge in [-0.3, -0.25) is 4.99 Å². The summed E-state index contributed by atoms with van der Waals surface area (Å²) in [5.41, 5.74) is 1.81. The molecule has 0 aliphatic rings. The molecule has 0 saturated carbocycles. The fraction of sp³-hybridized carbons (Fsp3) is 0.381. The predicted molar refractivity (Wildman–Crippen MR) is 107 cm³/mol. The van der Waals surface area contributed by atoms with Gasteiger partial charge in [0.1, 0.15) is 5.75 Å². The van der Waals surface area contributed by atoms with Gasteiger partial charge in [0.05, 0.1) is 6.61 Å². The third-order valence-corrected chi connectivity index (χ3v) is 3.98. The normalized spacial score (nSPS) is 11.5. The molecule has 2 aromatic carbocycles. The molecule has 2 N–H and O–H groups in total. The maximum atomic E-state index is 12.5. The first-order valence-corrected chi connectivity index (χ1v) is 9.28. The Balaban J connectivity index is 1.61. The summed E-state index contributed by atoms with van der Waals surface area (Å²) in [6, 6.07) is 16.8. The first kappa shape index (κ1) is 21.6. The number of halogens is 2. The Morgan fingerprint density at radius 3 is 2.50 bits per heavy atom. The minimum Gasteiger partial charge on any atom is -0.434 e. The fourth-order valence-electron chi connectivity index (χ4n) is 2.56. The van der Waals surface area contributed by atoms with Crippen molar-refractivity contribution < 1.29 is 18.3 Å². The molecule has 0 bridgehead atoms. The molecule has 7 heteroatoms. The van der Waals surface area contributed by atoms with Crippen LogP contribution in [0.25, 0.3) is 0 Å². The van der Waals surface area contributed by atoms with E-state index in [1.807, 2.05) is 30.3 Å². The van der Waals surface area contributed by atoms with E-state index in [4.69, 9.17) is 4.74 Å². The molecule has 0 saturated heterocycles. The Morgan fingerprint density at radius 1 is 1.00 bits per heavy atom. The number of nitrogens with zero attached hydrogens (tertiary/aromatic N) is 1. The number of benzene rings is 2. The lowest BCUT2D eigenvalue weighted by atomic mass is 10.2. The van der Waals surface area contributed by atoms with Crippen molar-refractivity contribution >= 4 is 5.96 Å². The van der Waals surface area contributed by atoms with E-state index in [-0.39, 0.29) is 5.75 Å². The van der Waals surface area contributed by atoms with Crippen molar-refractivity contribution in [2.24, 2.45) is 4.99 Å². The molecular formula is C21H27F2N3O2. The van der Waals surface area contributed by atoms with Crippen molar-refractivity contribution in [1.82, 2.24) is 10.6 Å². The first-order chi connectivity index (χ1) is 13.7. The van der Waals surface area contributed by atoms with Crippen LogP contribution in [0.15, 0.2) is 59.6 Å². The minimum atomic E-state index is -2.84. The number of aliphatic imine (C=N–C) groups is 1. The van der Waals surface area contributed by atoms with Gasteiger partial charge >= 0.3 is 6.61 Å². The quantitative estimate of drug-likeness (QED) is 0.346. The predicted octanol–water partition coefficient (Wildman–Crippen LogP) is 3.95. The van der Waals surface area contributed by atoms with E-state index in [0.29, 0.717) is 31.3 Å². The molecule has 0 aliphatic heterocycles. The summed E-state index contributed by atoms with van der Waals surface area (Å²) in [6.07, 6.45) is 1.86. The number of ether oxygens (including phenoxy) is 2. The zero-order valence-corrected chi connectivity index (χ0v) is 16.0. The fourth-order valence-corrected chi connectivity index (χ4v) is 2.56. The third kappa shape index (κ3) is 8.35. The maximum absolute atomic E-state index is 12.5. The lowest BCUT2D eigenvalue weighted by Gasteiger charge is -2.14. The number of hydrogen-bond acceptors (Lipinski definition) is 3. The van der Waals surface area contributed by atoms with Gasteiger partial charge < -0.3 is 20.1 Å². The molecule has 0 radical (unpaired) electrons. The van der Waals surface area contributed by atoms with E-state index in [0.717, 1.165) is 19.4 Å². The smallest absolute Gasteiger partial charge is 0.387 e. The Bertz CT molecular complexity index is 712. The molecule has 0 unspecified atom stereocenters. The number of rotatable bonds is 11. The first-order valence-electron chi connectivity index (χ1n) is 9.28. The highest BCUT2D eigenvalue weighted by Crippen LogP contribution is 2.19. The van der Waals surface area contributed by atoms with Crippen LogP contribution in [-0.2, 0) is 17.9 Å². The highest BCUT2D eigenvalue weighted by atomic mass is 19.3. The van der Waals surface area contributed by atoms with E-state index < -0.39 is 6.61 Å². The van der Waals surface area contributed by atoms with Gasteiger partial charge in [0.2, 0.25) is 0 Å². The summed E-state index contributed by atoms with van der Waals surface area (Å²) in [5, 5.41) is 6.31. The van der Waals surface area contributed by atoms with E-state index in [2.05, 4.69) is 20.4 Å². The number of guanidine groups is 1. The standard InChI is InChI=1S/C21H27F2N3O2/c1-24-21(26-15-18-11-5-6-12-19(18)28-20(22)23)25-13-7-8-14-27-16-17-9-3-2-4-10-17/h2-6,9-12,20H,7-8,13-16H2,1H3,(H2,24,25,26). The Kier molecular flexibility index (Phi) is 9.79. The Labute approximate surface area is 164 Å². The second kappa shape index (κ2) is 12.7. The summed E-state index contributed by atoms with van der Waals surface area (Å²) in [7, 11) is 1.67. The molecule has 0 fully saturated rings. The van der Waals surface area contributed by atoms with Crippen LogP contribution in [0, 0.1) is 0 Å². The van der Waals surface area contributed by atoms with Gasteiger partial charge in [0.15, 0.2) is 5.96 Å². The van der Waals surface area contributed by atoms with Gasteiger partial charge in [-0.25, -0.2) is 0 Å². The molecule has 5 nitrogen and oxygen atoms in total. The van der Waals surface area contributed by atoms with Gasteiger partial charge in [0.25, 0.3) is 0 Å². The highest BCUT2D eigenvalue weighted by molar-refractivity contribution is 5.79. The zero-order chi connectivity index (χ0) is 20.0. The maximum Gasteiger partial charge on any atom is 0.387 e. The molecule has 0 amide bonds. The Hall–Kier alpha value is -2.67. The lowest BCUT2D eigenvalue weighted by Crippen LogP contribution is -2.37. The molecule has 152 valence electrons. The van der Waals surface area contributed by atoms with Crippen molar-refractivity contribution in [3.8, 4) is 5.75 Å². The van der Waals surface area contributed by atoms with Gasteiger partial charge in [-0.1, -0.05) is 48.5 Å². The van der Waals surface area contributed by atoms with Gasteiger partial charge in [-0.2, -0.15) is 8.78 Å². The van der Waals surface area contributed by atoms with E-state index in [9.17, 15) is 8.78 Å². The zero-order valence-electron chi connectivity index (χ0n) is 16.0. The summed E-state index contributed by atoms with van der Waals surface area (Å²) in [5.74, 6) is 0.771. The van der Waals surface area contributed by atoms with Crippen LogP contribution >= 0.6 is 0 Å². The van der Waals surface area contributed by atoms with Gasteiger partial charge in [-0.05, 0) is 24.5 Å². The number of hydrogen-bond donors (Lipinski definition) is 2. The number of unbranched alkanes of at least 4 members (excludes halogenated alkanes) is 1. The van der Waals surface area contributed by atoms with Crippen molar-refractivity contribution in [1.29, 1.82) is 0 Å². The minimum absolute atomic E-state index is 0.163. The van der Waals surface area contributed by atoms with Crippen LogP contribution in [-0.4, -0.2) is 32.8 Å². The second-order valence-electron chi connectivity index (χ2n) is 6.08. The van der Waals surface area contributed by atoms with Crippen molar-refractivity contribution in [3.63, 3.8) is 0 Å². The molecule has 28 heavy (non-hydrogen) atoms. The molecule has 0 aliphatic carbocycles. The summed E-state index contributed by atoms with van der Waals surface area (Å²) >= 11 is 0.